The van der Waals surface area contributed by atoms with Gasteiger partial charge in [-0.2, -0.15) is 0 Å². The third kappa shape index (κ3) is 5.80. The minimum Gasteiger partial charge on any atom is -0.385 e. The van der Waals surface area contributed by atoms with Crippen molar-refractivity contribution in [1.82, 2.24) is 10.2 Å². The van der Waals surface area contributed by atoms with E-state index in [1.54, 1.807) is 7.11 Å². The number of rotatable bonds is 7. The number of ether oxygens (including phenoxy) is 1. The van der Waals surface area contributed by atoms with Crippen LogP contribution in [0.3, 0.4) is 0 Å². The Morgan fingerprint density at radius 2 is 2.17 bits per heavy atom. The third-order valence-corrected chi connectivity index (χ3v) is 3.57. The minimum atomic E-state index is -0.452. The number of nitrogens with zero attached hydrogens (tertiary/aromatic N) is 1. The van der Waals surface area contributed by atoms with Crippen LogP contribution in [0.5, 0.6) is 0 Å². The van der Waals surface area contributed by atoms with Crippen LogP contribution in [-0.4, -0.2) is 56.7 Å². The highest BCUT2D eigenvalue weighted by Gasteiger charge is 2.16. The first-order chi connectivity index (χ1) is 8.63. The Morgan fingerprint density at radius 3 is 2.78 bits per heavy atom. The number of carbonyl (C=O) groups excluding carboxylic acids is 1. The average Bonchev–Trinajstić information content (AvgIpc) is 2.38. The van der Waals surface area contributed by atoms with Crippen LogP contribution in [0.15, 0.2) is 0 Å². The van der Waals surface area contributed by atoms with E-state index in [-0.39, 0.29) is 5.91 Å². The van der Waals surface area contributed by atoms with Crippen molar-refractivity contribution in [1.29, 1.82) is 0 Å². The molecule has 0 aromatic rings. The highest BCUT2D eigenvalue weighted by atomic mass is 16.5. The summed E-state index contributed by atoms with van der Waals surface area (Å²) in [5.41, 5.74) is 5.74. The molecular weight excluding hydrogens is 230 g/mol. The highest BCUT2D eigenvalue weighted by Crippen LogP contribution is 2.14. The first-order valence-electron chi connectivity index (χ1n) is 6.88. The van der Waals surface area contributed by atoms with Crippen molar-refractivity contribution in [2.24, 2.45) is 11.7 Å². The maximum Gasteiger partial charge on any atom is 0.237 e. The fourth-order valence-electron chi connectivity index (χ4n) is 2.13. The second kappa shape index (κ2) is 8.45. The quantitative estimate of drug-likeness (QED) is 0.683. The Morgan fingerprint density at radius 1 is 1.50 bits per heavy atom. The van der Waals surface area contributed by atoms with Crippen molar-refractivity contribution in [3.63, 3.8) is 0 Å². The molecule has 0 radical (unpaired) electrons. The molecule has 5 heteroatoms. The lowest BCUT2D eigenvalue weighted by Gasteiger charge is -2.30. The minimum absolute atomic E-state index is 0.0718. The van der Waals surface area contributed by atoms with Gasteiger partial charge in [0.25, 0.3) is 0 Å². The monoisotopic (exact) mass is 257 g/mol. The van der Waals surface area contributed by atoms with Crippen LogP contribution in [0.2, 0.25) is 0 Å². The Kier molecular flexibility index (Phi) is 7.23. The van der Waals surface area contributed by atoms with Crippen LogP contribution < -0.4 is 11.1 Å². The van der Waals surface area contributed by atoms with E-state index >= 15 is 0 Å². The second-order valence-electron chi connectivity index (χ2n) is 5.20. The molecule has 1 atom stereocenters. The van der Waals surface area contributed by atoms with Gasteiger partial charge >= 0.3 is 0 Å². The van der Waals surface area contributed by atoms with E-state index in [9.17, 15) is 4.79 Å². The number of piperidine rings is 1. The predicted molar refractivity (Wildman–Crippen MR) is 72.3 cm³/mol. The summed E-state index contributed by atoms with van der Waals surface area (Å²) in [6.07, 6.45) is 3.10. The average molecular weight is 257 g/mol. The molecule has 0 aromatic heterocycles. The molecule has 106 valence electrons. The summed E-state index contributed by atoms with van der Waals surface area (Å²) in [5.74, 6) is 0.774. The molecule has 1 aliphatic rings. The first kappa shape index (κ1) is 15.4. The van der Waals surface area contributed by atoms with Gasteiger partial charge < -0.3 is 20.7 Å². The summed E-state index contributed by atoms with van der Waals surface area (Å²) in [6.45, 7) is 6.73. The van der Waals surface area contributed by atoms with Crippen molar-refractivity contribution in [2.75, 3.05) is 39.9 Å². The lowest BCUT2D eigenvalue weighted by atomic mass is 9.99. The molecule has 3 N–H and O–H groups in total. The molecule has 18 heavy (non-hydrogen) atoms. The summed E-state index contributed by atoms with van der Waals surface area (Å²) >= 11 is 0. The van der Waals surface area contributed by atoms with Crippen molar-refractivity contribution < 1.29 is 9.53 Å². The number of likely N-dealkylation sites (tertiary alicyclic amines) is 1. The molecule has 1 saturated heterocycles. The number of carbonyl (C=O) groups is 1. The summed E-state index contributed by atoms with van der Waals surface area (Å²) in [4.78, 5) is 14.0. The highest BCUT2D eigenvalue weighted by molar-refractivity contribution is 5.81. The number of methoxy groups -OCH3 is 1. The molecule has 0 aromatic carbocycles. The Hall–Kier alpha value is -0.650. The Balaban J connectivity index is 2.08. The second-order valence-corrected chi connectivity index (χ2v) is 5.20. The van der Waals surface area contributed by atoms with Gasteiger partial charge in [-0.15, -0.1) is 0 Å². The van der Waals surface area contributed by atoms with E-state index in [0.29, 0.717) is 19.6 Å². The molecule has 0 aliphatic carbocycles. The summed E-state index contributed by atoms with van der Waals surface area (Å²) in [6, 6.07) is -0.452. The number of hydrogen-bond acceptors (Lipinski definition) is 4. The maximum absolute atomic E-state index is 11.6. The van der Waals surface area contributed by atoms with Crippen LogP contribution in [-0.2, 0) is 9.53 Å². The predicted octanol–water partition coefficient (Wildman–Crippen LogP) is 0.198. The van der Waals surface area contributed by atoms with Crippen molar-refractivity contribution in [2.45, 2.75) is 32.2 Å². The van der Waals surface area contributed by atoms with Gasteiger partial charge in [0.15, 0.2) is 0 Å². The molecule has 0 bridgehead atoms. The number of nitrogens with two attached hydrogens (primary N) is 1. The first-order valence-corrected chi connectivity index (χ1v) is 6.88. The van der Waals surface area contributed by atoms with Gasteiger partial charge in [0.05, 0.1) is 6.04 Å². The Labute approximate surface area is 110 Å². The fourth-order valence-corrected chi connectivity index (χ4v) is 2.13. The molecule has 1 fully saturated rings. The molecule has 1 aliphatic heterocycles. The summed E-state index contributed by atoms with van der Waals surface area (Å²) < 4.78 is 4.90. The van der Waals surface area contributed by atoms with E-state index < -0.39 is 6.04 Å². The maximum atomic E-state index is 11.6. The molecular formula is C13H27N3O2. The van der Waals surface area contributed by atoms with Crippen LogP contribution in [0, 0.1) is 5.92 Å². The molecule has 1 amide bonds. The van der Waals surface area contributed by atoms with Gasteiger partial charge in [0, 0.05) is 26.8 Å². The van der Waals surface area contributed by atoms with Gasteiger partial charge in [0.2, 0.25) is 5.91 Å². The lowest BCUT2D eigenvalue weighted by Crippen LogP contribution is -2.45. The summed E-state index contributed by atoms with van der Waals surface area (Å²) in [5, 5.41) is 2.89. The van der Waals surface area contributed by atoms with Gasteiger partial charge in [-0.05, 0) is 38.3 Å². The van der Waals surface area contributed by atoms with Gasteiger partial charge in [-0.25, -0.2) is 0 Å². The van der Waals surface area contributed by atoms with E-state index in [0.717, 1.165) is 25.6 Å². The topological polar surface area (TPSA) is 67.6 Å². The molecule has 1 rings (SSSR count). The molecule has 5 nitrogen and oxygen atoms in total. The zero-order valence-electron chi connectivity index (χ0n) is 11.7. The van der Waals surface area contributed by atoms with Gasteiger partial charge in [0.1, 0.15) is 0 Å². The van der Waals surface area contributed by atoms with Crippen molar-refractivity contribution in [3.8, 4) is 0 Å². The van der Waals surface area contributed by atoms with Crippen LogP contribution in [0.1, 0.15) is 26.2 Å². The largest absolute Gasteiger partial charge is 0.385 e. The van der Waals surface area contributed by atoms with E-state index in [1.807, 2.05) is 0 Å². The van der Waals surface area contributed by atoms with Crippen LogP contribution >= 0.6 is 0 Å². The van der Waals surface area contributed by atoms with E-state index in [2.05, 4.69) is 17.1 Å². The SMILES string of the molecule is COCCC(N)C(=O)NCCN1CCC(C)CC1. The molecule has 1 heterocycles. The third-order valence-electron chi connectivity index (χ3n) is 3.57. The van der Waals surface area contributed by atoms with E-state index in [4.69, 9.17) is 10.5 Å². The molecule has 1 unspecified atom stereocenters. The number of hydrogen-bond donors (Lipinski definition) is 2. The van der Waals surface area contributed by atoms with Gasteiger partial charge in [-0.3, -0.25) is 4.79 Å². The molecule has 0 spiro atoms. The van der Waals surface area contributed by atoms with Crippen LogP contribution in [0.25, 0.3) is 0 Å². The zero-order chi connectivity index (χ0) is 13.4. The zero-order valence-corrected chi connectivity index (χ0v) is 11.7. The van der Waals surface area contributed by atoms with Gasteiger partial charge in [-0.1, -0.05) is 6.92 Å². The van der Waals surface area contributed by atoms with E-state index in [1.165, 1.54) is 12.8 Å². The molecule has 0 saturated carbocycles. The van der Waals surface area contributed by atoms with Crippen molar-refractivity contribution in [3.05, 3.63) is 0 Å². The normalized spacial score (nSPS) is 19.7. The van der Waals surface area contributed by atoms with Crippen molar-refractivity contribution >= 4 is 5.91 Å². The smallest absolute Gasteiger partial charge is 0.237 e. The number of nitrogens with one attached hydrogen (secondary N) is 1. The number of amides is 1. The Bertz CT molecular complexity index is 240. The van der Waals surface area contributed by atoms with Crippen LogP contribution in [0.4, 0.5) is 0 Å². The summed E-state index contributed by atoms with van der Waals surface area (Å²) in [7, 11) is 1.61. The standard InChI is InChI=1S/C13H27N3O2/c1-11-3-7-16(8-4-11)9-6-15-13(17)12(14)5-10-18-2/h11-12H,3-10,14H2,1-2H3,(H,15,17). The lowest BCUT2D eigenvalue weighted by molar-refractivity contribution is -0.122. The fraction of sp³-hybridized carbons (Fsp3) is 0.923.